The number of rotatable bonds is 6. The second kappa shape index (κ2) is 9.82. The van der Waals surface area contributed by atoms with Crippen molar-refractivity contribution in [2.75, 3.05) is 26.2 Å². The maximum Gasteiger partial charge on any atom is 0.188 e. The maximum absolute atomic E-state index is 5.87. The van der Waals surface area contributed by atoms with Crippen LogP contribution in [0.3, 0.4) is 0 Å². The molecule has 1 saturated heterocycles. The van der Waals surface area contributed by atoms with Crippen LogP contribution in [0.5, 0.6) is 0 Å². The van der Waals surface area contributed by atoms with Gasteiger partial charge < -0.3 is 16.0 Å². The summed E-state index contributed by atoms with van der Waals surface area (Å²) in [6.45, 7) is 6.67. The van der Waals surface area contributed by atoms with Crippen LogP contribution in [-0.4, -0.2) is 43.1 Å². The number of nitrogens with zero attached hydrogens (tertiary/aromatic N) is 2. The van der Waals surface area contributed by atoms with Crippen LogP contribution in [0, 0.1) is 5.92 Å². The van der Waals surface area contributed by atoms with Crippen molar-refractivity contribution in [3.05, 3.63) is 0 Å². The number of nitrogens with one attached hydrogen (secondary N) is 1. The molecule has 2 aliphatic rings. The quantitative estimate of drug-likeness (QED) is 0.315. The summed E-state index contributed by atoms with van der Waals surface area (Å²) >= 11 is 0. The fourth-order valence-corrected chi connectivity index (χ4v) is 2.95. The van der Waals surface area contributed by atoms with Crippen LogP contribution < -0.4 is 11.1 Å². The van der Waals surface area contributed by atoms with Crippen molar-refractivity contribution in [3.8, 4) is 0 Å². The first-order valence-electron chi connectivity index (χ1n) is 8.03. The van der Waals surface area contributed by atoms with Gasteiger partial charge in [0.2, 0.25) is 0 Å². The van der Waals surface area contributed by atoms with Gasteiger partial charge in [-0.05, 0) is 51.5 Å². The molecule has 3 N–H and O–H groups in total. The van der Waals surface area contributed by atoms with Gasteiger partial charge in [-0.15, -0.1) is 24.0 Å². The molecular formula is C15H31IN4. The van der Waals surface area contributed by atoms with Crippen LogP contribution in [0.15, 0.2) is 4.99 Å². The van der Waals surface area contributed by atoms with Gasteiger partial charge in [0, 0.05) is 25.7 Å². The van der Waals surface area contributed by atoms with Gasteiger partial charge in [0.15, 0.2) is 5.96 Å². The Hall–Kier alpha value is -0.0400. The summed E-state index contributed by atoms with van der Waals surface area (Å²) in [5.74, 6) is 1.44. The van der Waals surface area contributed by atoms with E-state index in [1.54, 1.807) is 0 Å². The lowest BCUT2D eigenvalue weighted by atomic mass is 9.86. The highest BCUT2D eigenvalue weighted by Gasteiger charge is 2.17. The minimum absolute atomic E-state index is 0. The minimum atomic E-state index is 0. The number of guanidine groups is 1. The van der Waals surface area contributed by atoms with E-state index >= 15 is 0 Å². The zero-order valence-electron chi connectivity index (χ0n) is 12.8. The van der Waals surface area contributed by atoms with Gasteiger partial charge in [0.05, 0.1) is 0 Å². The lowest BCUT2D eigenvalue weighted by Crippen LogP contribution is -2.40. The fourth-order valence-electron chi connectivity index (χ4n) is 2.95. The van der Waals surface area contributed by atoms with E-state index in [1.807, 2.05) is 0 Å². The predicted molar refractivity (Wildman–Crippen MR) is 96.8 cm³/mol. The Labute approximate surface area is 141 Å². The van der Waals surface area contributed by atoms with E-state index in [4.69, 9.17) is 5.73 Å². The molecule has 0 spiro atoms. The summed E-state index contributed by atoms with van der Waals surface area (Å²) in [6, 6.07) is 0.762. The highest BCUT2D eigenvalue weighted by molar-refractivity contribution is 14.0. The van der Waals surface area contributed by atoms with Gasteiger partial charge in [0.25, 0.3) is 0 Å². The fraction of sp³-hybridized carbons (Fsp3) is 0.933. The lowest BCUT2D eigenvalue weighted by Gasteiger charge is -2.33. The number of piperidine rings is 1. The smallest absolute Gasteiger partial charge is 0.188 e. The lowest BCUT2D eigenvalue weighted by molar-refractivity contribution is 0.159. The number of nitrogens with two attached hydrogens (primary N) is 1. The highest BCUT2D eigenvalue weighted by Crippen LogP contribution is 2.26. The summed E-state index contributed by atoms with van der Waals surface area (Å²) < 4.78 is 0. The Bertz CT molecular complexity index is 292. The first-order chi connectivity index (χ1) is 9.25. The van der Waals surface area contributed by atoms with E-state index in [-0.39, 0.29) is 24.0 Å². The van der Waals surface area contributed by atoms with E-state index in [1.165, 1.54) is 51.6 Å². The number of aliphatic imine (C=N–C) groups is 1. The Kier molecular flexibility index (Phi) is 8.84. The van der Waals surface area contributed by atoms with E-state index in [0.717, 1.165) is 31.5 Å². The maximum atomic E-state index is 5.87. The zero-order valence-corrected chi connectivity index (χ0v) is 15.1. The van der Waals surface area contributed by atoms with Crippen LogP contribution in [0.25, 0.3) is 0 Å². The normalized spacial score (nSPS) is 24.9. The molecule has 1 unspecified atom stereocenters. The second-order valence-corrected chi connectivity index (χ2v) is 6.18. The molecule has 1 atom stereocenters. The van der Waals surface area contributed by atoms with Gasteiger partial charge >= 0.3 is 0 Å². The van der Waals surface area contributed by atoms with Gasteiger partial charge in [-0.2, -0.15) is 0 Å². The molecule has 0 radical (unpaired) electrons. The molecule has 118 valence electrons. The van der Waals surface area contributed by atoms with E-state index < -0.39 is 0 Å². The van der Waals surface area contributed by atoms with Gasteiger partial charge in [-0.1, -0.05) is 12.8 Å². The summed E-state index contributed by atoms with van der Waals surface area (Å²) in [5, 5.41) is 3.24. The van der Waals surface area contributed by atoms with Crippen molar-refractivity contribution in [2.24, 2.45) is 16.6 Å². The molecule has 2 fully saturated rings. The molecule has 0 aromatic carbocycles. The number of likely N-dealkylation sites (tertiary alicyclic amines) is 1. The average molecular weight is 394 g/mol. The Morgan fingerprint density at radius 3 is 2.70 bits per heavy atom. The van der Waals surface area contributed by atoms with E-state index in [9.17, 15) is 0 Å². The van der Waals surface area contributed by atoms with Gasteiger partial charge in [0.1, 0.15) is 0 Å². The third-order valence-electron chi connectivity index (χ3n) is 4.61. The molecule has 1 heterocycles. The first-order valence-corrected chi connectivity index (χ1v) is 8.03. The molecule has 0 aromatic heterocycles. The Morgan fingerprint density at radius 2 is 2.05 bits per heavy atom. The average Bonchev–Trinajstić information content (AvgIpc) is 2.35. The van der Waals surface area contributed by atoms with Crippen LogP contribution in [-0.2, 0) is 0 Å². The van der Waals surface area contributed by atoms with Crippen molar-refractivity contribution < 1.29 is 0 Å². The van der Waals surface area contributed by atoms with Crippen molar-refractivity contribution in [3.63, 3.8) is 0 Å². The first kappa shape index (κ1) is 18.0. The van der Waals surface area contributed by atoms with Crippen LogP contribution in [0.1, 0.15) is 51.9 Å². The summed E-state index contributed by atoms with van der Waals surface area (Å²) in [5.41, 5.74) is 5.87. The van der Waals surface area contributed by atoms with Crippen LogP contribution in [0.2, 0.25) is 0 Å². The molecule has 4 nitrogen and oxygen atoms in total. The van der Waals surface area contributed by atoms with E-state index in [2.05, 4.69) is 22.1 Å². The Morgan fingerprint density at radius 1 is 1.25 bits per heavy atom. The Balaban J connectivity index is 0.00000200. The summed E-state index contributed by atoms with van der Waals surface area (Å²) in [4.78, 5) is 7.02. The molecule has 1 aliphatic carbocycles. The van der Waals surface area contributed by atoms with Gasteiger partial charge in [-0.25, -0.2) is 0 Å². The molecule has 2 rings (SSSR count). The largest absolute Gasteiger partial charge is 0.370 e. The molecule has 20 heavy (non-hydrogen) atoms. The minimum Gasteiger partial charge on any atom is -0.370 e. The predicted octanol–water partition coefficient (Wildman–Crippen LogP) is 2.57. The summed E-state index contributed by atoms with van der Waals surface area (Å²) in [7, 11) is 0. The van der Waals surface area contributed by atoms with Gasteiger partial charge in [-0.3, -0.25) is 4.99 Å². The van der Waals surface area contributed by atoms with Crippen molar-refractivity contribution in [2.45, 2.75) is 57.9 Å². The topological polar surface area (TPSA) is 53.6 Å². The number of hydrogen-bond acceptors (Lipinski definition) is 2. The SMILES string of the molecule is CC1CCCCN1CCCNC(N)=NCC1CCC1.I. The third-order valence-corrected chi connectivity index (χ3v) is 4.61. The van der Waals surface area contributed by atoms with Crippen LogP contribution >= 0.6 is 24.0 Å². The molecule has 0 bridgehead atoms. The monoisotopic (exact) mass is 394 g/mol. The third kappa shape index (κ3) is 6.16. The zero-order chi connectivity index (χ0) is 13.5. The molecule has 1 aliphatic heterocycles. The molecule has 5 heteroatoms. The highest BCUT2D eigenvalue weighted by atomic mass is 127. The second-order valence-electron chi connectivity index (χ2n) is 6.18. The van der Waals surface area contributed by atoms with Crippen molar-refractivity contribution >= 4 is 29.9 Å². The van der Waals surface area contributed by atoms with E-state index in [0.29, 0.717) is 5.96 Å². The molecular weight excluding hydrogens is 363 g/mol. The van der Waals surface area contributed by atoms with Crippen molar-refractivity contribution in [1.82, 2.24) is 10.2 Å². The molecule has 0 aromatic rings. The number of hydrogen-bond donors (Lipinski definition) is 2. The van der Waals surface area contributed by atoms with Crippen LogP contribution in [0.4, 0.5) is 0 Å². The molecule has 0 amide bonds. The summed E-state index contributed by atoms with van der Waals surface area (Å²) in [6.07, 6.45) is 9.33. The standard InChI is InChI=1S/C15H30N4.HI/c1-13-6-2-3-10-19(13)11-5-9-17-15(16)18-12-14-7-4-8-14;/h13-14H,2-12H2,1H3,(H3,16,17,18);1H. The van der Waals surface area contributed by atoms with Crippen molar-refractivity contribution in [1.29, 1.82) is 0 Å². The number of halogens is 1. The molecule has 1 saturated carbocycles.